The Balaban J connectivity index is 4.32. The number of hydrogen-bond donors (Lipinski definition) is 1. The maximum absolute atomic E-state index is 11.4. The SMILES string of the molecule is C=C/C(=C\C(=C)C#N)NCC(=O)OC(C)(C)C. The fourth-order valence-corrected chi connectivity index (χ4v) is 0.954. The Morgan fingerprint density at radius 3 is 2.53 bits per heavy atom. The fraction of sp³-hybridized carbons (Fsp3) is 0.385. The molecule has 0 unspecified atom stereocenters. The summed E-state index contributed by atoms with van der Waals surface area (Å²) >= 11 is 0. The van der Waals surface area contributed by atoms with Gasteiger partial charge in [0.2, 0.25) is 0 Å². The monoisotopic (exact) mass is 234 g/mol. The molecule has 0 heterocycles. The fourth-order valence-electron chi connectivity index (χ4n) is 0.954. The number of nitrogens with one attached hydrogen (secondary N) is 1. The van der Waals surface area contributed by atoms with Gasteiger partial charge < -0.3 is 10.1 Å². The molecule has 0 rings (SSSR count). The van der Waals surface area contributed by atoms with E-state index in [2.05, 4.69) is 18.5 Å². The summed E-state index contributed by atoms with van der Waals surface area (Å²) in [5.74, 6) is -0.368. The molecule has 0 aromatic carbocycles. The van der Waals surface area contributed by atoms with E-state index in [0.29, 0.717) is 5.70 Å². The van der Waals surface area contributed by atoms with Crippen molar-refractivity contribution in [2.75, 3.05) is 6.54 Å². The predicted molar refractivity (Wildman–Crippen MR) is 66.9 cm³/mol. The number of ether oxygens (including phenoxy) is 1. The summed E-state index contributed by atoms with van der Waals surface area (Å²) in [5, 5.41) is 11.4. The number of carbonyl (C=O) groups excluding carboxylic acids is 1. The lowest BCUT2D eigenvalue weighted by molar-refractivity contribution is -0.153. The number of hydrogen-bond acceptors (Lipinski definition) is 4. The molecule has 4 nitrogen and oxygen atoms in total. The summed E-state index contributed by atoms with van der Waals surface area (Å²) in [6.45, 7) is 12.5. The molecule has 0 bridgehead atoms. The van der Waals surface area contributed by atoms with E-state index in [1.165, 1.54) is 12.2 Å². The molecule has 92 valence electrons. The van der Waals surface area contributed by atoms with E-state index in [1.54, 1.807) is 20.8 Å². The van der Waals surface area contributed by atoms with E-state index >= 15 is 0 Å². The minimum Gasteiger partial charge on any atom is -0.459 e. The van der Waals surface area contributed by atoms with Crippen LogP contribution in [0.25, 0.3) is 0 Å². The van der Waals surface area contributed by atoms with Crippen LogP contribution in [0.4, 0.5) is 0 Å². The highest BCUT2D eigenvalue weighted by Crippen LogP contribution is 2.06. The number of allylic oxidation sites excluding steroid dienone is 3. The van der Waals surface area contributed by atoms with Crippen LogP contribution < -0.4 is 5.32 Å². The lowest BCUT2D eigenvalue weighted by Crippen LogP contribution is -2.31. The van der Waals surface area contributed by atoms with Crippen LogP contribution in [-0.4, -0.2) is 18.1 Å². The van der Waals surface area contributed by atoms with Crippen LogP contribution in [0.2, 0.25) is 0 Å². The van der Waals surface area contributed by atoms with E-state index in [0.717, 1.165) is 0 Å². The van der Waals surface area contributed by atoms with Crippen LogP contribution in [0.3, 0.4) is 0 Å². The molecule has 0 spiro atoms. The number of carbonyl (C=O) groups is 1. The maximum Gasteiger partial charge on any atom is 0.325 e. The van der Waals surface area contributed by atoms with Gasteiger partial charge in [-0.3, -0.25) is 4.79 Å². The molecular weight excluding hydrogens is 216 g/mol. The van der Waals surface area contributed by atoms with E-state index < -0.39 is 5.60 Å². The highest BCUT2D eigenvalue weighted by atomic mass is 16.6. The first kappa shape index (κ1) is 15.0. The second-order valence-electron chi connectivity index (χ2n) is 4.38. The summed E-state index contributed by atoms with van der Waals surface area (Å²) < 4.78 is 5.11. The summed E-state index contributed by atoms with van der Waals surface area (Å²) in [6, 6.07) is 1.88. The zero-order chi connectivity index (χ0) is 13.5. The lowest BCUT2D eigenvalue weighted by atomic mass is 10.2. The van der Waals surface area contributed by atoms with Crippen molar-refractivity contribution in [2.24, 2.45) is 0 Å². The van der Waals surface area contributed by atoms with E-state index in [-0.39, 0.29) is 18.1 Å². The number of nitrogens with zero attached hydrogens (tertiary/aromatic N) is 1. The van der Waals surface area contributed by atoms with Crippen molar-refractivity contribution in [3.05, 3.63) is 36.6 Å². The first-order valence-electron chi connectivity index (χ1n) is 5.17. The molecule has 0 fully saturated rings. The van der Waals surface area contributed by atoms with Gasteiger partial charge in [-0.15, -0.1) is 0 Å². The van der Waals surface area contributed by atoms with E-state index in [9.17, 15) is 4.79 Å². The summed E-state index contributed by atoms with van der Waals surface area (Å²) in [5.41, 5.74) is 0.339. The van der Waals surface area contributed by atoms with E-state index in [1.807, 2.05) is 6.07 Å². The van der Waals surface area contributed by atoms with Gasteiger partial charge in [0.25, 0.3) is 0 Å². The van der Waals surface area contributed by atoms with Gasteiger partial charge in [-0.05, 0) is 32.9 Å². The van der Waals surface area contributed by atoms with Crippen molar-refractivity contribution in [3.8, 4) is 6.07 Å². The first-order chi connectivity index (χ1) is 7.78. The molecule has 0 amide bonds. The third kappa shape index (κ3) is 7.86. The molecular formula is C13H18N2O2. The van der Waals surface area contributed by atoms with Crippen molar-refractivity contribution in [3.63, 3.8) is 0 Å². The van der Waals surface area contributed by atoms with Gasteiger partial charge in [-0.1, -0.05) is 13.2 Å². The van der Waals surface area contributed by atoms with Gasteiger partial charge in [-0.2, -0.15) is 5.26 Å². The summed E-state index contributed by atoms with van der Waals surface area (Å²) in [6.07, 6.45) is 3.02. The Bertz CT molecular complexity index is 381. The van der Waals surface area contributed by atoms with Gasteiger partial charge in [0.1, 0.15) is 12.1 Å². The zero-order valence-electron chi connectivity index (χ0n) is 10.5. The number of rotatable bonds is 5. The topological polar surface area (TPSA) is 62.1 Å². The molecule has 0 saturated heterocycles. The van der Waals surface area contributed by atoms with Crippen molar-refractivity contribution < 1.29 is 9.53 Å². The highest BCUT2D eigenvalue weighted by Gasteiger charge is 2.15. The van der Waals surface area contributed by atoms with Gasteiger partial charge in [0, 0.05) is 11.3 Å². The molecule has 17 heavy (non-hydrogen) atoms. The largest absolute Gasteiger partial charge is 0.459 e. The van der Waals surface area contributed by atoms with E-state index in [4.69, 9.17) is 10.00 Å². The molecule has 0 atom stereocenters. The average molecular weight is 234 g/mol. The quantitative estimate of drug-likeness (QED) is 0.449. The third-order valence-corrected chi connectivity index (χ3v) is 1.55. The van der Waals surface area contributed by atoms with Crippen molar-refractivity contribution in [1.29, 1.82) is 5.26 Å². The van der Waals surface area contributed by atoms with Crippen LogP contribution in [0.15, 0.2) is 36.6 Å². The van der Waals surface area contributed by atoms with Crippen LogP contribution >= 0.6 is 0 Å². The standard InChI is InChI=1S/C13H18N2O2/c1-6-11(7-10(2)8-14)15-9-12(16)17-13(3,4)5/h6-7,15H,1-2,9H2,3-5H3/b11-7+. The van der Waals surface area contributed by atoms with Gasteiger partial charge in [-0.25, -0.2) is 0 Å². The molecule has 0 aromatic heterocycles. The van der Waals surface area contributed by atoms with Gasteiger partial charge in [0.15, 0.2) is 0 Å². The normalized spacial score (nSPS) is 11.3. The summed E-state index contributed by atoms with van der Waals surface area (Å²) in [4.78, 5) is 11.4. The third-order valence-electron chi connectivity index (χ3n) is 1.55. The average Bonchev–Trinajstić information content (AvgIpc) is 2.21. The first-order valence-corrected chi connectivity index (χ1v) is 5.17. The molecule has 1 N–H and O–H groups in total. The highest BCUT2D eigenvalue weighted by molar-refractivity contribution is 5.72. The lowest BCUT2D eigenvalue weighted by Gasteiger charge is -2.19. The maximum atomic E-state index is 11.4. The van der Waals surface area contributed by atoms with Crippen molar-refractivity contribution >= 4 is 5.97 Å². The summed E-state index contributed by atoms with van der Waals surface area (Å²) in [7, 11) is 0. The van der Waals surface area contributed by atoms with Gasteiger partial charge in [0.05, 0.1) is 6.07 Å². The Morgan fingerprint density at radius 1 is 1.53 bits per heavy atom. The molecule has 0 saturated carbocycles. The van der Waals surface area contributed by atoms with Crippen LogP contribution in [-0.2, 0) is 9.53 Å². The molecule has 0 aliphatic heterocycles. The predicted octanol–water partition coefficient (Wildman–Crippen LogP) is 2.07. The Morgan fingerprint density at radius 2 is 2.12 bits per heavy atom. The minimum absolute atomic E-state index is 0.0217. The number of nitriles is 1. The van der Waals surface area contributed by atoms with Crippen LogP contribution in [0.1, 0.15) is 20.8 Å². The van der Waals surface area contributed by atoms with Crippen LogP contribution in [0, 0.1) is 11.3 Å². The van der Waals surface area contributed by atoms with Crippen molar-refractivity contribution in [2.45, 2.75) is 26.4 Å². The molecule has 0 radical (unpaired) electrons. The van der Waals surface area contributed by atoms with Gasteiger partial charge >= 0.3 is 5.97 Å². The molecule has 0 aliphatic carbocycles. The minimum atomic E-state index is -0.507. The molecule has 4 heteroatoms. The Kier molecular flexibility index (Phi) is 5.76. The molecule has 0 aliphatic rings. The Hall–Kier alpha value is -2.02. The van der Waals surface area contributed by atoms with Crippen LogP contribution in [0.5, 0.6) is 0 Å². The Labute approximate surface area is 102 Å². The second-order valence-corrected chi connectivity index (χ2v) is 4.38. The number of esters is 1. The second kappa shape index (κ2) is 6.54. The smallest absolute Gasteiger partial charge is 0.325 e. The molecule has 0 aromatic rings. The van der Waals surface area contributed by atoms with Crippen molar-refractivity contribution in [1.82, 2.24) is 5.32 Å². The zero-order valence-corrected chi connectivity index (χ0v) is 10.5.